The van der Waals surface area contributed by atoms with Gasteiger partial charge in [0.25, 0.3) is 0 Å². The molecule has 1 heterocycles. The Kier molecular flexibility index (Phi) is 3.12. The van der Waals surface area contributed by atoms with E-state index in [1.165, 1.54) is 0 Å². The van der Waals surface area contributed by atoms with Gasteiger partial charge in [-0.25, -0.2) is 0 Å². The van der Waals surface area contributed by atoms with Crippen LogP contribution in [0, 0.1) is 5.92 Å². The third kappa shape index (κ3) is 2.23. The van der Waals surface area contributed by atoms with Gasteiger partial charge in [-0.2, -0.15) is 0 Å². The summed E-state index contributed by atoms with van der Waals surface area (Å²) in [5, 5.41) is 19.2. The molecule has 2 unspecified atom stereocenters. The van der Waals surface area contributed by atoms with Crippen LogP contribution >= 0.6 is 0 Å². The van der Waals surface area contributed by atoms with E-state index in [-0.39, 0.29) is 0 Å². The molecule has 0 saturated carbocycles. The van der Waals surface area contributed by atoms with Crippen molar-refractivity contribution < 1.29 is 19.7 Å². The molecule has 0 spiro atoms. The van der Waals surface area contributed by atoms with Crippen molar-refractivity contribution in [2.75, 3.05) is 0 Å². The smallest absolute Gasteiger partial charge is 0.309 e. The molecular weight excluding hydrogens is 208 g/mol. The molecule has 1 aliphatic rings. The fraction of sp³-hybridized carbons (Fsp3) is 0.917. The molecule has 0 aromatic heterocycles. The lowest BCUT2D eigenvalue weighted by Gasteiger charge is -2.51. The maximum atomic E-state index is 11.1. The molecule has 1 saturated heterocycles. The summed E-state index contributed by atoms with van der Waals surface area (Å²) in [6.07, 6.45) is 1.08. The molecular formula is C12H22O4. The van der Waals surface area contributed by atoms with Crippen molar-refractivity contribution in [1.82, 2.24) is 0 Å². The summed E-state index contributed by atoms with van der Waals surface area (Å²) in [6, 6.07) is 0. The number of hydrogen-bond donors (Lipinski definition) is 2. The highest BCUT2D eigenvalue weighted by Crippen LogP contribution is 2.44. The van der Waals surface area contributed by atoms with Gasteiger partial charge in [0.1, 0.15) is 0 Å². The standard InChI is InChI=1S/C12H22O4/c1-10(2)8(9(13)14)6-7-12(5,16-10)11(3,4)15/h8,15H,6-7H2,1-5H3,(H,13,14). The lowest BCUT2D eigenvalue weighted by atomic mass is 9.73. The summed E-state index contributed by atoms with van der Waals surface area (Å²) in [7, 11) is 0. The molecule has 94 valence electrons. The predicted octanol–water partition coefficient (Wildman–Crippen LogP) is 1.81. The van der Waals surface area contributed by atoms with E-state index in [0.29, 0.717) is 12.8 Å². The van der Waals surface area contributed by atoms with E-state index in [1.54, 1.807) is 27.7 Å². The molecule has 2 N–H and O–H groups in total. The molecule has 1 aliphatic heterocycles. The van der Waals surface area contributed by atoms with Gasteiger partial charge >= 0.3 is 5.97 Å². The maximum Gasteiger partial charge on any atom is 0.309 e. The van der Waals surface area contributed by atoms with Crippen LogP contribution in [0.25, 0.3) is 0 Å². The van der Waals surface area contributed by atoms with Crippen LogP contribution in [0.4, 0.5) is 0 Å². The summed E-state index contributed by atoms with van der Waals surface area (Å²) in [6.45, 7) is 8.78. The van der Waals surface area contributed by atoms with Crippen LogP contribution in [-0.2, 0) is 9.53 Å². The minimum absolute atomic E-state index is 0.511. The zero-order valence-electron chi connectivity index (χ0n) is 10.7. The lowest BCUT2D eigenvalue weighted by molar-refractivity contribution is -0.255. The molecule has 1 fully saturated rings. The highest BCUT2D eigenvalue weighted by atomic mass is 16.5. The minimum Gasteiger partial charge on any atom is -0.481 e. The van der Waals surface area contributed by atoms with E-state index >= 15 is 0 Å². The Labute approximate surface area is 96.6 Å². The first-order chi connectivity index (χ1) is 7.00. The zero-order valence-corrected chi connectivity index (χ0v) is 10.7. The molecule has 0 aromatic carbocycles. The number of carboxylic acids is 1. The molecule has 0 radical (unpaired) electrons. The average molecular weight is 230 g/mol. The summed E-state index contributed by atoms with van der Waals surface area (Å²) < 4.78 is 5.87. The number of ether oxygens (including phenoxy) is 1. The van der Waals surface area contributed by atoms with Crippen molar-refractivity contribution in [1.29, 1.82) is 0 Å². The Morgan fingerprint density at radius 3 is 2.19 bits per heavy atom. The van der Waals surface area contributed by atoms with E-state index < -0.39 is 28.7 Å². The summed E-state index contributed by atoms with van der Waals surface area (Å²) in [5.74, 6) is -1.34. The van der Waals surface area contributed by atoms with Gasteiger partial charge in [0, 0.05) is 0 Å². The van der Waals surface area contributed by atoms with Crippen molar-refractivity contribution in [2.45, 2.75) is 64.3 Å². The Balaban J connectivity index is 2.94. The fourth-order valence-electron chi connectivity index (χ4n) is 2.32. The van der Waals surface area contributed by atoms with E-state index in [0.717, 1.165) is 0 Å². The second-order valence-corrected chi connectivity index (χ2v) is 5.92. The second kappa shape index (κ2) is 3.70. The summed E-state index contributed by atoms with van der Waals surface area (Å²) in [4.78, 5) is 11.1. The summed E-state index contributed by atoms with van der Waals surface area (Å²) >= 11 is 0. The molecule has 0 aromatic rings. The normalized spacial score (nSPS) is 34.8. The van der Waals surface area contributed by atoms with Crippen LogP contribution in [0.3, 0.4) is 0 Å². The second-order valence-electron chi connectivity index (χ2n) is 5.92. The van der Waals surface area contributed by atoms with Crippen molar-refractivity contribution in [3.05, 3.63) is 0 Å². The van der Waals surface area contributed by atoms with Gasteiger partial charge in [-0.15, -0.1) is 0 Å². The van der Waals surface area contributed by atoms with Crippen molar-refractivity contribution in [3.63, 3.8) is 0 Å². The topological polar surface area (TPSA) is 66.8 Å². The SMILES string of the molecule is CC1(C)OC(C)(C(C)(C)O)CCC1C(=O)O. The molecule has 4 nitrogen and oxygen atoms in total. The average Bonchev–Trinajstić information content (AvgIpc) is 1.98. The van der Waals surface area contributed by atoms with E-state index in [9.17, 15) is 9.90 Å². The number of carboxylic acid groups (broad SMARTS) is 1. The minimum atomic E-state index is -0.978. The molecule has 0 bridgehead atoms. The van der Waals surface area contributed by atoms with E-state index in [2.05, 4.69) is 0 Å². The molecule has 4 heteroatoms. The molecule has 0 amide bonds. The third-order valence-corrected chi connectivity index (χ3v) is 3.83. The maximum absolute atomic E-state index is 11.1. The van der Waals surface area contributed by atoms with Crippen molar-refractivity contribution in [2.24, 2.45) is 5.92 Å². The number of hydrogen-bond acceptors (Lipinski definition) is 3. The molecule has 0 aliphatic carbocycles. The monoisotopic (exact) mass is 230 g/mol. The summed E-state index contributed by atoms with van der Waals surface area (Å²) in [5.41, 5.74) is -2.42. The van der Waals surface area contributed by atoms with Crippen LogP contribution in [-0.4, -0.2) is 33.0 Å². The first kappa shape index (κ1) is 13.5. The largest absolute Gasteiger partial charge is 0.481 e. The predicted molar refractivity (Wildman–Crippen MR) is 60.2 cm³/mol. The Morgan fingerprint density at radius 1 is 1.38 bits per heavy atom. The van der Waals surface area contributed by atoms with Crippen LogP contribution in [0.5, 0.6) is 0 Å². The van der Waals surface area contributed by atoms with Gasteiger partial charge in [-0.3, -0.25) is 4.79 Å². The van der Waals surface area contributed by atoms with Gasteiger partial charge < -0.3 is 14.9 Å². The first-order valence-corrected chi connectivity index (χ1v) is 5.65. The number of aliphatic hydroxyl groups is 1. The number of carbonyl (C=O) groups is 1. The van der Waals surface area contributed by atoms with Gasteiger partial charge in [0.15, 0.2) is 0 Å². The van der Waals surface area contributed by atoms with Crippen molar-refractivity contribution in [3.8, 4) is 0 Å². The van der Waals surface area contributed by atoms with Crippen molar-refractivity contribution >= 4 is 5.97 Å². The van der Waals surface area contributed by atoms with Gasteiger partial charge in [0.05, 0.1) is 22.7 Å². The van der Waals surface area contributed by atoms with E-state index in [4.69, 9.17) is 9.84 Å². The Bertz CT molecular complexity index is 290. The van der Waals surface area contributed by atoms with E-state index in [1.807, 2.05) is 6.92 Å². The zero-order chi connectivity index (χ0) is 12.8. The number of rotatable bonds is 2. The van der Waals surface area contributed by atoms with Crippen LogP contribution in [0.15, 0.2) is 0 Å². The first-order valence-electron chi connectivity index (χ1n) is 5.65. The van der Waals surface area contributed by atoms with Crippen LogP contribution in [0.2, 0.25) is 0 Å². The van der Waals surface area contributed by atoms with Gasteiger partial charge in [0.2, 0.25) is 0 Å². The molecule has 1 rings (SSSR count). The highest BCUT2D eigenvalue weighted by molar-refractivity contribution is 5.71. The van der Waals surface area contributed by atoms with Crippen LogP contribution in [0.1, 0.15) is 47.5 Å². The fourth-order valence-corrected chi connectivity index (χ4v) is 2.32. The Morgan fingerprint density at radius 2 is 1.88 bits per heavy atom. The van der Waals surface area contributed by atoms with Crippen LogP contribution < -0.4 is 0 Å². The molecule has 2 atom stereocenters. The number of aliphatic carboxylic acids is 1. The van der Waals surface area contributed by atoms with Gasteiger partial charge in [-0.05, 0) is 47.5 Å². The lowest BCUT2D eigenvalue weighted by Crippen LogP contribution is -2.60. The molecule has 16 heavy (non-hydrogen) atoms. The quantitative estimate of drug-likeness (QED) is 0.759. The van der Waals surface area contributed by atoms with Gasteiger partial charge in [-0.1, -0.05) is 0 Å². The Hall–Kier alpha value is -0.610. The third-order valence-electron chi connectivity index (χ3n) is 3.83. The highest BCUT2D eigenvalue weighted by Gasteiger charge is 2.52.